The first-order valence-electron chi connectivity index (χ1n) is 10.3. The van der Waals surface area contributed by atoms with Crippen molar-refractivity contribution in [2.24, 2.45) is 11.3 Å². The van der Waals surface area contributed by atoms with Crippen molar-refractivity contribution in [3.63, 3.8) is 0 Å². The van der Waals surface area contributed by atoms with E-state index in [9.17, 15) is 15.0 Å². The maximum Gasteiger partial charge on any atom is 0.315 e. The summed E-state index contributed by atoms with van der Waals surface area (Å²) >= 11 is 7.36. The fraction of sp³-hybridized carbons (Fsp3) is 0.409. The lowest BCUT2D eigenvalue weighted by atomic mass is 9.99. The Bertz CT molecular complexity index is 1280. The minimum Gasteiger partial charge on any atom is -0.465 e. The Morgan fingerprint density at radius 3 is 2.94 bits per heavy atom. The Morgan fingerprint density at radius 2 is 2.25 bits per heavy atom. The summed E-state index contributed by atoms with van der Waals surface area (Å²) in [5.74, 6) is 5.39. The van der Waals surface area contributed by atoms with E-state index in [4.69, 9.17) is 16.3 Å². The van der Waals surface area contributed by atoms with Gasteiger partial charge in [0.2, 0.25) is 0 Å². The molecule has 0 spiro atoms. The first-order valence-corrected chi connectivity index (χ1v) is 11.5. The van der Waals surface area contributed by atoms with E-state index in [2.05, 4.69) is 27.1 Å². The first-order chi connectivity index (χ1) is 15.4. The van der Waals surface area contributed by atoms with Crippen LogP contribution in [0, 0.1) is 23.2 Å². The van der Waals surface area contributed by atoms with Crippen LogP contribution < -0.4 is 5.32 Å². The molecule has 3 aromatic rings. The van der Waals surface area contributed by atoms with Crippen molar-refractivity contribution in [2.45, 2.75) is 31.6 Å². The molecule has 2 saturated carbocycles. The number of aromatic nitrogens is 3. The number of pyridine rings is 1. The number of nitrogens with one attached hydrogen (secondary N) is 1. The third-order valence-corrected chi connectivity index (χ3v) is 7.48. The summed E-state index contributed by atoms with van der Waals surface area (Å²) < 4.78 is 7.59. The highest BCUT2D eigenvalue weighted by Crippen LogP contribution is 2.68. The van der Waals surface area contributed by atoms with Crippen LogP contribution in [-0.2, 0) is 9.53 Å². The molecule has 3 aromatic heterocycles. The predicted octanol–water partition coefficient (Wildman–Crippen LogP) is 2.43. The van der Waals surface area contributed by atoms with Crippen LogP contribution in [0.5, 0.6) is 0 Å². The molecule has 166 valence electrons. The largest absolute Gasteiger partial charge is 0.465 e. The van der Waals surface area contributed by atoms with Crippen LogP contribution in [0.25, 0.3) is 11.2 Å². The molecule has 10 heteroatoms. The molecule has 5 atom stereocenters. The van der Waals surface area contributed by atoms with Crippen molar-refractivity contribution in [2.75, 3.05) is 19.0 Å². The van der Waals surface area contributed by atoms with Gasteiger partial charge in [-0.1, -0.05) is 11.6 Å². The summed E-state index contributed by atoms with van der Waals surface area (Å²) in [6.45, 7) is 1.94. The van der Waals surface area contributed by atoms with Crippen molar-refractivity contribution in [1.82, 2.24) is 14.5 Å². The number of thiophene rings is 1. The number of hydrogen-bond acceptors (Lipinski definition) is 8. The number of nitrogens with zero attached hydrogens (tertiary/aromatic N) is 3. The lowest BCUT2D eigenvalue weighted by Gasteiger charge is -2.23. The minimum atomic E-state index is -1.20. The molecule has 0 bridgehead atoms. The SMILES string of the molecule is CCOC(=O)[C@@]12C[C@@H]1[C@@H](n1cnc3c(NC)cc(C#Cc4ccc(Cl)s4)nc31)[C@H](O)[C@@H]2O. The highest BCUT2D eigenvalue weighted by atomic mass is 35.5. The van der Waals surface area contributed by atoms with E-state index in [1.807, 2.05) is 12.1 Å². The number of anilines is 1. The van der Waals surface area contributed by atoms with Crippen LogP contribution in [-0.4, -0.2) is 56.6 Å². The highest BCUT2D eigenvalue weighted by Gasteiger charge is 2.76. The van der Waals surface area contributed by atoms with Crippen molar-refractivity contribution in [3.8, 4) is 11.8 Å². The van der Waals surface area contributed by atoms with Crippen LogP contribution in [0.2, 0.25) is 4.34 Å². The molecule has 0 aliphatic heterocycles. The third-order valence-electron chi connectivity index (χ3n) is 6.34. The van der Waals surface area contributed by atoms with Gasteiger partial charge in [-0.25, -0.2) is 9.97 Å². The van der Waals surface area contributed by atoms with Crippen LogP contribution >= 0.6 is 22.9 Å². The summed E-state index contributed by atoms with van der Waals surface area (Å²) in [7, 11) is 1.78. The van der Waals surface area contributed by atoms with Crippen molar-refractivity contribution < 1.29 is 19.7 Å². The molecule has 0 aromatic carbocycles. The number of fused-ring (bicyclic) bond motifs is 2. The number of imidazole rings is 1. The van der Waals surface area contributed by atoms with Crippen molar-refractivity contribution in [1.29, 1.82) is 0 Å². The molecule has 3 N–H and O–H groups in total. The van der Waals surface area contributed by atoms with E-state index in [1.165, 1.54) is 11.3 Å². The average molecular weight is 473 g/mol. The zero-order valence-electron chi connectivity index (χ0n) is 17.4. The summed E-state index contributed by atoms with van der Waals surface area (Å²) in [5.41, 5.74) is 1.33. The molecule has 0 unspecified atom stereocenters. The molecule has 3 heterocycles. The fourth-order valence-electron chi connectivity index (χ4n) is 4.77. The maximum absolute atomic E-state index is 12.5. The van der Waals surface area contributed by atoms with Crippen LogP contribution in [0.4, 0.5) is 5.69 Å². The van der Waals surface area contributed by atoms with Gasteiger partial charge in [-0.05, 0) is 43.4 Å². The molecule has 2 aliphatic rings. The van der Waals surface area contributed by atoms with E-state index >= 15 is 0 Å². The van der Waals surface area contributed by atoms with Gasteiger partial charge in [0.1, 0.15) is 22.7 Å². The molecule has 5 rings (SSSR count). The second-order valence-corrected chi connectivity index (χ2v) is 9.70. The van der Waals surface area contributed by atoms with E-state index < -0.39 is 29.6 Å². The molecule has 0 saturated heterocycles. The molecular formula is C22H21ClN4O4S. The zero-order chi connectivity index (χ0) is 22.6. The zero-order valence-corrected chi connectivity index (χ0v) is 18.9. The van der Waals surface area contributed by atoms with Gasteiger partial charge in [-0.3, -0.25) is 4.79 Å². The summed E-state index contributed by atoms with van der Waals surface area (Å²) in [6, 6.07) is 4.90. The normalized spacial score (nSPS) is 28.2. The number of hydrogen-bond donors (Lipinski definition) is 3. The topological polar surface area (TPSA) is 110 Å². The number of carbonyl (C=O) groups excluding carboxylic acids is 1. The number of ether oxygens (including phenoxy) is 1. The Kier molecular flexibility index (Phi) is 5.13. The number of aliphatic hydroxyl groups excluding tert-OH is 2. The number of rotatable bonds is 4. The van der Waals surface area contributed by atoms with Crippen molar-refractivity contribution >= 4 is 45.8 Å². The van der Waals surface area contributed by atoms with Gasteiger partial charge in [0.05, 0.1) is 40.0 Å². The van der Waals surface area contributed by atoms with E-state index in [0.29, 0.717) is 27.6 Å². The lowest BCUT2D eigenvalue weighted by molar-refractivity contribution is -0.156. The van der Waals surface area contributed by atoms with Gasteiger partial charge in [0.25, 0.3) is 0 Å². The van der Waals surface area contributed by atoms with Gasteiger partial charge in [-0.2, -0.15) is 0 Å². The summed E-state index contributed by atoms with van der Waals surface area (Å²) in [6.07, 6.45) is -0.302. The van der Waals surface area contributed by atoms with Crippen LogP contribution in [0.1, 0.15) is 30.0 Å². The summed E-state index contributed by atoms with van der Waals surface area (Å²) in [5, 5.41) is 24.7. The lowest BCUT2D eigenvalue weighted by Crippen LogP contribution is -2.38. The smallest absolute Gasteiger partial charge is 0.315 e. The highest BCUT2D eigenvalue weighted by molar-refractivity contribution is 7.16. The maximum atomic E-state index is 12.5. The van der Waals surface area contributed by atoms with Gasteiger partial charge < -0.3 is 24.8 Å². The Balaban J connectivity index is 1.56. The second-order valence-electron chi connectivity index (χ2n) is 7.98. The number of carbonyl (C=O) groups is 1. The van der Waals surface area contributed by atoms with E-state index in [1.54, 1.807) is 30.9 Å². The van der Waals surface area contributed by atoms with Crippen molar-refractivity contribution in [3.05, 3.63) is 39.4 Å². The third kappa shape index (κ3) is 3.10. The van der Waals surface area contributed by atoms with Crippen LogP contribution in [0.3, 0.4) is 0 Å². The second kappa shape index (κ2) is 7.74. The predicted molar refractivity (Wildman–Crippen MR) is 121 cm³/mol. The Labute approximate surface area is 193 Å². The molecule has 32 heavy (non-hydrogen) atoms. The van der Waals surface area contributed by atoms with Crippen LogP contribution in [0.15, 0.2) is 24.5 Å². The molecule has 8 nitrogen and oxygen atoms in total. The van der Waals surface area contributed by atoms with Gasteiger partial charge in [0, 0.05) is 13.0 Å². The standard InChI is InChI=1S/C22H21ClN4O4S/c1-3-31-21(30)22-9-13(22)17(18(28)19(22)29)27-10-25-16-14(24-2)8-11(26-20(16)27)4-5-12-6-7-15(23)32-12/h6-8,10,13,17-19,28-29H,3,9H2,1-2H3,(H,24,26)/t13-,17-,18+,19+,22+/m1/s1. The number of halogens is 1. The molecule has 0 radical (unpaired) electrons. The van der Waals surface area contributed by atoms with Gasteiger partial charge >= 0.3 is 5.97 Å². The Hall–Kier alpha value is -2.64. The molecule has 0 amide bonds. The average Bonchev–Trinajstić information content (AvgIpc) is 3.03. The first kappa shape index (κ1) is 21.2. The number of aliphatic hydroxyl groups is 2. The quantitative estimate of drug-likeness (QED) is 0.395. The van der Waals surface area contributed by atoms with Gasteiger partial charge in [-0.15, -0.1) is 11.3 Å². The molecular weight excluding hydrogens is 452 g/mol. The summed E-state index contributed by atoms with van der Waals surface area (Å²) in [4.78, 5) is 22.5. The number of esters is 1. The fourth-order valence-corrected chi connectivity index (χ4v) is 5.66. The van der Waals surface area contributed by atoms with E-state index in [0.717, 1.165) is 10.6 Å². The molecule has 2 fully saturated rings. The Morgan fingerprint density at radius 1 is 1.44 bits per heavy atom. The monoisotopic (exact) mass is 472 g/mol. The van der Waals surface area contributed by atoms with Gasteiger partial charge in [0.15, 0.2) is 5.65 Å². The van der Waals surface area contributed by atoms with E-state index in [-0.39, 0.29) is 12.5 Å². The molecule has 2 aliphatic carbocycles. The minimum absolute atomic E-state index is 0.222.